The second-order valence-corrected chi connectivity index (χ2v) is 4.78. The maximum atomic E-state index is 6.25. The predicted octanol–water partition coefficient (Wildman–Crippen LogP) is 4.21. The van der Waals surface area contributed by atoms with Crippen LogP contribution in [-0.2, 0) is 0 Å². The molecule has 0 heterocycles. The molecule has 0 bridgehead atoms. The maximum absolute atomic E-state index is 6.25. The summed E-state index contributed by atoms with van der Waals surface area (Å²) in [6.07, 6.45) is 0. The molecule has 0 aliphatic heterocycles. The largest absolute Gasteiger partial charge is 0.496 e. The summed E-state index contributed by atoms with van der Waals surface area (Å²) in [4.78, 5) is 0. The van der Waals surface area contributed by atoms with Gasteiger partial charge in [-0.15, -0.1) is 0 Å². The number of hydrogen-bond acceptors (Lipinski definition) is 2. The monoisotopic (exact) mass is 261 g/mol. The highest BCUT2D eigenvalue weighted by molar-refractivity contribution is 6.33. The number of nitrogen functional groups attached to an aromatic ring is 1. The highest BCUT2D eigenvalue weighted by Gasteiger charge is 2.10. The quantitative estimate of drug-likeness (QED) is 0.822. The van der Waals surface area contributed by atoms with Gasteiger partial charge in [-0.25, -0.2) is 0 Å². The summed E-state index contributed by atoms with van der Waals surface area (Å²) in [5.74, 6) is 0.891. The highest BCUT2D eigenvalue weighted by Crippen LogP contribution is 2.34. The third-order valence-corrected chi connectivity index (χ3v) is 3.34. The number of methoxy groups -OCH3 is 1. The molecule has 18 heavy (non-hydrogen) atoms. The van der Waals surface area contributed by atoms with Gasteiger partial charge in [-0.1, -0.05) is 17.7 Å². The first kappa shape index (κ1) is 12.8. The number of hydrogen-bond donors (Lipinski definition) is 1. The van der Waals surface area contributed by atoms with Crippen LogP contribution in [0.2, 0.25) is 5.02 Å². The van der Waals surface area contributed by atoms with Crippen LogP contribution in [0.1, 0.15) is 11.1 Å². The first-order valence-corrected chi connectivity index (χ1v) is 6.11. The van der Waals surface area contributed by atoms with Crippen molar-refractivity contribution >= 4 is 17.3 Å². The van der Waals surface area contributed by atoms with Gasteiger partial charge in [-0.05, 0) is 54.8 Å². The SMILES string of the molecule is COc1cc(C)c(-c2ccc(N)cc2Cl)cc1C. The van der Waals surface area contributed by atoms with Crippen molar-refractivity contribution in [2.45, 2.75) is 13.8 Å². The standard InChI is InChI=1S/C15H16ClNO/c1-9-7-15(18-3)10(2)6-13(9)12-5-4-11(17)8-14(12)16/h4-8H,17H2,1-3H3. The zero-order valence-corrected chi connectivity index (χ0v) is 11.5. The zero-order chi connectivity index (χ0) is 13.3. The molecular formula is C15H16ClNO. The summed E-state index contributed by atoms with van der Waals surface area (Å²) in [6, 6.07) is 9.70. The third-order valence-electron chi connectivity index (χ3n) is 3.03. The van der Waals surface area contributed by atoms with Gasteiger partial charge in [0.15, 0.2) is 0 Å². The minimum Gasteiger partial charge on any atom is -0.496 e. The Labute approximate surface area is 112 Å². The van der Waals surface area contributed by atoms with E-state index in [-0.39, 0.29) is 0 Å². The Bertz CT molecular complexity index is 593. The van der Waals surface area contributed by atoms with E-state index in [9.17, 15) is 0 Å². The number of anilines is 1. The van der Waals surface area contributed by atoms with Gasteiger partial charge in [0, 0.05) is 11.3 Å². The van der Waals surface area contributed by atoms with Gasteiger partial charge in [-0.2, -0.15) is 0 Å². The van der Waals surface area contributed by atoms with E-state index in [0.29, 0.717) is 10.7 Å². The van der Waals surface area contributed by atoms with E-state index in [2.05, 4.69) is 6.07 Å². The summed E-state index contributed by atoms with van der Waals surface area (Å²) in [5, 5.41) is 0.669. The third kappa shape index (κ3) is 2.29. The van der Waals surface area contributed by atoms with E-state index in [1.165, 1.54) is 0 Å². The number of rotatable bonds is 2. The molecule has 0 aliphatic carbocycles. The van der Waals surface area contributed by atoms with Gasteiger partial charge >= 0.3 is 0 Å². The fourth-order valence-electron chi connectivity index (χ4n) is 2.05. The average molecular weight is 262 g/mol. The second kappa shape index (κ2) is 4.91. The predicted molar refractivity (Wildman–Crippen MR) is 77.3 cm³/mol. The summed E-state index contributed by atoms with van der Waals surface area (Å²) in [7, 11) is 1.68. The first-order valence-electron chi connectivity index (χ1n) is 5.73. The smallest absolute Gasteiger partial charge is 0.122 e. The molecule has 0 saturated carbocycles. The topological polar surface area (TPSA) is 35.2 Å². The van der Waals surface area contributed by atoms with Crippen molar-refractivity contribution < 1.29 is 4.74 Å². The normalized spacial score (nSPS) is 10.4. The van der Waals surface area contributed by atoms with E-state index in [4.69, 9.17) is 22.1 Å². The van der Waals surface area contributed by atoms with E-state index in [0.717, 1.165) is 28.0 Å². The lowest BCUT2D eigenvalue weighted by molar-refractivity contribution is 0.411. The van der Waals surface area contributed by atoms with Crippen molar-refractivity contribution in [3.05, 3.63) is 46.5 Å². The Balaban J connectivity index is 2.60. The lowest BCUT2D eigenvalue weighted by Crippen LogP contribution is -1.92. The molecule has 0 aliphatic rings. The van der Waals surface area contributed by atoms with Crippen molar-refractivity contribution in [1.82, 2.24) is 0 Å². The molecule has 0 atom stereocenters. The van der Waals surface area contributed by atoms with Crippen LogP contribution in [0.25, 0.3) is 11.1 Å². The molecular weight excluding hydrogens is 246 g/mol. The van der Waals surface area contributed by atoms with Gasteiger partial charge in [-0.3, -0.25) is 0 Å². The van der Waals surface area contributed by atoms with Crippen LogP contribution in [0.15, 0.2) is 30.3 Å². The molecule has 0 fully saturated rings. The molecule has 2 aromatic rings. The minimum absolute atomic E-state index is 0.669. The Hall–Kier alpha value is -1.67. The molecule has 3 heteroatoms. The van der Waals surface area contributed by atoms with Gasteiger partial charge in [0.2, 0.25) is 0 Å². The zero-order valence-electron chi connectivity index (χ0n) is 10.8. The summed E-state index contributed by atoms with van der Waals surface area (Å²) in [5.41, 5.74) is 10.7. The summed E-state index contributed by atoms with van der Waals surface area (Å²) < 4.78 is 5.31. The molecule has 0 amide bonds. The number of nitrogens with two attached hydrogens (primary N) is 1. The van der Waals surface area contributed by atoms with E-state index in [1.807, 2.05) is 32.0 Å². The highest BCUT2D eigenvalue weighted by atomic mass is 35.5. The van der Waals surface area contributed by atoms with Gasteiger partial charge in [0.1, 0.15) is 5.75 Å². The van der Waals surface area contributed by atoms with Gasteiger partial charge in [0.25, 0.3) is 0 Å². The van der Waals surface area contributed by atoms with E-state index < -0.39 is 0 Å². The molecule has 2 nitrogen and oxygen atoms in total. The number of aryl methyl sites for hydroxylation is 2. The molecule has 0 saturated heterocycles. The van der Waals surface area contributed by atoms with Gasteiger partial charge < -0.3 is 10.5 Å². The van der Waals surface area contributed by atoms with Crippen LogP contribution >= 0.6 is 11.6 Å². The first-order chi connectivity index (χ1) is 8.52. The van der Waals surface area contributed by atoms with Crippen molar-refractivity contribution in [1.29, 1.82) is 0 Å². The molecule has 2 N–H and O–H groups in total. The second-order valence-electron chi connectivity index (χ2n) is 4.38. The van der Waals surface area contributed by atoms with Crippen molar-refractivity contribution in [3.63, 3.8) is 0 Å². The van der Waals surface area contributed by atoms with E-state index >= 15 is 0 Å². The molecule has 0 radical (unpaired) electrons. The molecule has 94 valence electrons. The molecule has 0 unspecified atom stereocenters. The fourth-order valence-corrected chi connectivity index (χ4v) is 2.34. The fraction of sp³-hybridized carbons (Fsp3) is 0.200. The lowest BCUT2D eigenvalue weighted by Gasteiger charge is -2.13. The Morgan fingerprint density at radius 2 is 1.72 bits per heavy atom. The van der Waals surface area contributed by atoms with Crippen LogP contribution in [0.3, 0.4) is 0 Å². The van der Waals surface area contributed by atoms with Crippen LogP contribution in [0, 0.1) is 13.8 Å². The molecule has 0 spiro atoms. The maximum Gasteiger partial charge on any atom is 0.122 e. The summed E-state index contributed by atoms with van der Waals surface area (Å²) in [6.45, 7) is 4.07. The Morgan fingerprint density at radius 3 is 2.33 bits per heavy atom. The Morgan fingerprint density at radius 1 is 1.00 bits per heavy atom. The van der Waals surface area contributed by atoms with Crippen LogP contribution < -0.4 is 10.5 Å². The van der Waals surface area contributed by atoms with Crippen LogP contribution in [0.5, 0.6) is 5.75 Å². The number of benzene rings is 2. The molecule has 2 rings (SSSR count). The number of ether oxygens (including phenoxy) is 1. The van der Waals surface area contributed by atoms with Gasteiger partial charge in [0.05, 0.1) is 12.1 Å². The van der Waals surface area contributed by atoms with Crippen molar-refractivity contribution in [2.24, 2.45) is 0 Å². The Kier molecular flexibility index (Phi) is 3.48. The number of halogens is 1. The van der Waals surface area contributed by atoms with Crippen molar-refractivity contribution in [3.8, 4) is 16.9 Å². The average Bonchev–Trinajstić information content (AvgIpc) is 2.32. The lowest BCUT2D eigenvalue weighted by atomic mass is 9.97. The molecule has 0 aromatic heterocycles. The molecule has 2 aromatic carbocycles. The summed E-state index contributed by atoms with van der Waals surface area (Å²) >= 11 is 6.25. The van der Waals surface area contributed by atoms with Crippen LogP contribution in [-0.4, -0.2) is 7.11 Å². The van der Waals surface area contributed by atoms with E-state index in [1.54, 1.807) is 13.2 Å². The van der Waals surface area contributed by atoms with Crippen LogP contribution in [0.4, 0.5) is 5.69 Å². The minimum atomic E-state index is 0.669. The van der Waals surface area contributed by atoms with Crippen molar-refractivity contribution in [2.75, 3.05) is 12.8 Å².